The van der Waals surface area contributed by atoms with Crippen LogP contribution in [0.4, 0.5) is 5.69 Å². The van der Waals surface area contributed by atoms with E-state index in [4.69, 9.17) is 10.5 Å². The van der Waals surface area contributed by atoms with Crippen LogP contribution in [-0.2, 0) is 7.05 Å². The van der Waals surface area contributed by atoms with Crippen molar-refractivity contribution >= 4 is 5.69 Å². The maximum absolute atomic E-state index is 5.74. The minimum atomic E-state index is 0.610. The Morgan fingerprint density at radius 3 is 2.69 bits per heavy atom. The second-order valence-electron chi connectivity index (χ2n) is 3.56. The summed E-state index contributed by atoms with van der Waals surface area (Å²) in [5, 5.41) is 4.29. The van der Waals surface area contributed by atoms with Crippen molar-refractivity contribution in [1.29, 1.82) is 0 Å². The number of hydrogen-bond acceptors (Lipinski definition) is 4. The maximum Gasteiger partial charge on any atom is 0.181 e. The van der Waals surface area contributed by atoms with Crippen LogP contribution in [0.5, 0.6) is 5.75 Å². The van der Waals surface area contributed by atoms with Gasteiger partial charge < -0.3 is 10.5 Å². The number of ether oxygens (including phenoxy) is 1. The Balaban J connectivity index is 2.48. The maximum atomic E-state index is 5.74. The quantitative estimate of drug-likeness (QED) is 0.773. The van der Waals surface area contributed by atoms with Crippen molar-refractivity contribution < 1.29 is 4.74 Å². The lowest BCUT2D eigenvalue weighted by Crippen LogP contribution is -1.94. The molecule has 0 aliphatic rings. The summed E-state index contributed by atoms with van der Waals surface area (Å²) >= 11 is 0. The highest BCUT2D eigenvalue weighted by atomic mass is 16.5. The van der Waals surface area contributed by atoms with Gasteiger partial charge in [0.2, 0.25) is 0 Å². The number of nitrogen functional groups attached to an aromatic ring is 1. The number of nitrogens with two attached hydrogens (primary N) is 1. The van der Waals surface area contributed by atoms with Crippen molar-refractivity contribution in [2.45, 2.75) is 6.92 Å². The molecule has 2 rings (SSSR count). The minimum Gasteiger partial charge on any atom is -0.495 e. The van der Waals surface area contributed by atoms with Crippen LogP contribution in [0.3, 0.4) is 0 Å². The van der Waals surface area contributed by atoms with Gasteiger partial charge in [-0.15, -0.1) is 0 Å². The van der Waals surface area contributed by atoms with E-state index in [0.29, 0.717) is 17.3 Å². The minimum absolute atomic E-state index is 0.610. The Morgan fingerprint density at radius 1 is 1.38 bits per heavy atom. The van der Waals surface area contributed by atoms with Crippen molar-refractivity contribution in [2.75, 3.05) is 12.8 Å². The fourth-order valence-corrected chi connectivity index (χ4v) is 1.43. The average Bonchev–Trinajstić information content (AvgIpc) is 2.60. The third-order valence-corrected chi connectivity index (χ3v) is 2.47. The predicted octanol–water partition coefficient (Wildman–Crippen LogP) is 1.38. The van der Waals surface area contributed by atoms with Crippen LogP contribution in [0, 0.1) is 6.92 Å². The van der Waals surface area contributed by atoms with Gasteiger partial charge in [-0.25, -0.2) is 4.98 Å². The van der Waals surface area contributed by atoms with E-state index in [1.54, 1.807) is 17.9 Å². The van der Waals surface area contributed by atoms with Crippen molar-refractivity contribution in [3.63, 3.8) is 0 Å². The zero-order valence-corrected chi connectivity index (χ0v) is 9.56. The highest BCUT2D eigenvalue weighted by molar-refractivity contribution is 5.65. The van der Waals surface area contributed by atoms with Crippen LogP contribution in [0.25, 0.3) is 11.4 Å². The van der Waals surface area contributed by atoms with Gasteiger partial charge in [0, 0.05) is 12.6 Å². The Kier molecular flexibility index (Phi) is 2.52. The molecule has 0 aliphatic heterocycles. The normalized spacial score (nSPS) is 10.4. The summed E-state index contributed by atoms with van der Waals surface area (Å²) < 4.78 is 6.89. The van der Waals surface area contributed by atoms with Gasteiger partial charge >= 0.3 is 0 Å². The average molecular weight is 218 g/mol. The van der Waals surface area contributed by atoms with E-state index in [1.165, 1.54) is 0 Å². The summed E-state index contributed by atoms with van der Waals surface area (Å²) in [6.07, 6.45) is 0. The van der Waals surface area contributed by atoms with E-state index >= 15 is 0 Å². The number of rotatable bonds is 2. The monoisotopic (exact) mass is 218 g/mol. The first-order chi connectivity index (χ1) is 7.61. The van der Waals surface area contributed by atoms with Crippen LogP contribution in [0.2, 0.25) is 0 Å². The molecule has 0 saturated heterocycles. The molecule has 0 unspecified atom stereocenters. The lowest BCUT2D eigenvalue weighted by Gasteiger charge is -2.04. The second kappa shape index (κ2) is 3.84. The molecule has 16 heavy (non-hydrogen) atoms. The number of hydrogen-bond donors (Lipinski definition) is 1. The number of methoxy groups -OCH3 is 1. The molecule has 5 nitrogen and oxygen atoms in total. The molecule has 1 aromatic heterocycles. The first-order valence-electron chi connectivity index (χ1n) is 4.93. The van der Waals surface area contributed by atoms with Gasteiger partial charge in [0.1, 0.15) is 11.6 Å². The van der Waals surface area contributed by atoms with E-state index in [2.05, 4.69) is 10.1 Å². The Morgan fingerprint density at radius 2 is 2.12 bits per heavy atom. The van der Waals surface area contributed by atoms with Gasteiger partial charge in [0.25, 0.3) is 0 Å². The van der Waals surface area contributed by atoms with Gasteiger partial charge in [-0.1, -0.05) is 0 Å². The Labute approximate surface area is 93.9 Å². The molecule has 0 amide bonds. The van der Waals surface area contributed by atoms with E-state index in [-0.39, 0.29) is 0 Å². The number of nitrogens with zero attached hydrogens (tertiary/aromatic N) is 3. The molecule has 1 aromatic carbocycles. The summed E-state index contributed by atoms with van der Waals surface area (Å²) in [4.78, 5) is 4.34. The number of anilines is 1. The largest absolute Gasteiger partial charge is 0.495 e. The second-order valence-corrected chi connectivity index (χ2v) is 3.56. The molecule has 2 N–H and O–H groups in total. The summed E-state index contributed by atoms with van der Waals surface area (Å²) in [5.74, 6) is 2.19. The summed E-state index contributed by atoms with van der Waals surface area (Å²) in [7, 11) is 3.45. The highest BCUT2D eigenvalue weighted by Gasteiger charge is 2.08. The smallest absolute Gasteiger partial charge is 0.181 e. The van der Waals surface area contributed by atoms with Crippen LogP contribution >= 0.6 is 0 Å². The lowest BCUT2D eigenvalue weighted by atomic mass is 10.2. The van der Waals surface area contributed by atoms with Gasteiger partial charge in [0.15, 0.2) is 5.82 Å². The zero-order chi connectivity index (χ0) is 11.7. The van der Waals surface area contributed by atoms with Crippen LogP contribution in [0.1, 0.15) is 5.82 Å². The van der Waals surface area contributed by atoms with Crippen LogP contribution in [0.15, 0.2) is 18.2 Å². The molecular weight excluding hydrogens is 204 g/mol. The van der Waals surface area contributed by atoms with Gasteiger partial charge in [-0.3, -0.25) is 4.68 Å². The zero-order valence-electron chi connectivity index (χ0n) is 9.56. The fourth-order valence-electron chi connectivity index (χ4n) is 1.43. The van der Waals surface area contributed by atoms with Crippen LogP contribution < -0.4 is 10.5 Å². The van der Waals surface area contributed by atoms with Crippen molar-refractivity contribution in [3.05, 3.63) is 24.0 Å². The number of aryl methyl sites for hydroxylation is 2. The van der Waals surface area contributed by atoms with E-state index in [9.17, 15) is 0 Å². The van der Waals surface area contributed by atoms with Gasteiger partial charge in [0.05, 0.1) is 12.8 Å². The highest BCUT2D eigenvalue weighted by Crippen LogP contribution is 2.26. The van der Waals surface area contributed by atoms with Crippen LogP contribution in [-0.4, -0.2) is 21.9 Å². The van der Waals surface area contributed by atoms with E-state index in [1.807, 2.05) is 26.1 Å². The third-order valence-electron chi connectivity index (χ3n) is 2.47. The van der Waals surface area contributed by atoms with Crippen molar-refractivity contribution in [3.8, 4) is 17.1 Å². The Hall–Kier alpha value is -2.04. The molecule has 0 radical (unpaired) electrons. The van der Waals surface area contributed by atoms with E-state index in [0.717, 1.165) is 11.4 Å². The molecule has 0 atom stereocenters. The first kappa shape index (κ1) is 10.5. The summed E-state index contributed by atoms with van der Waals surface area (Å²) in [6.45, 7) is 1.91. The molecule has 0 saturated carbocycles. The number of aromatic nitrogens is 3. The molecule has 5 heteroatoms. The summed E-state index contributed by atoms with van der Waals surface area (Å²) in [5.41, 5.74) is 7.25. The predicted molar refractivity (Wildman–Crippen MR) is 62.1 cm³/mol. The topological polar surface area (TPSA) is 66.0 Å². The summed E-state index contributed by atoms with van der Waals surface area (Å²) in [6, 6.07) is 5.51. The molecule has 2 aromatic rings. The van der Waals surface area contributed by atoms with Gasteiger partial charge in [-0.05, 0) is 25.1 Å². The van der Waals surface area contributed by atoms with Gasteiger partial charge in [-0.2, -0.15) is 5.10 Å². The van der Waals surface area contributed by atoms with E-state index < -0.39 is 0 Å². The third kappa shape index (κ3) is 1.71. The fraction of sp³-hybridized carbons (Fsp3) is 0.273. The molecule has 0 spiro atoms. The molecule has 0 aliphatic carbocycles. The SMILES string of the molecule is COc1cc(-c2nc(C)n(C)n2)ccc1N. The number of benzene rings is 1. The first-order valence-corrected chi connectivity index (χ1v) is 4.93. The van der Waals surface area contributed by atoms with Crippen molar-refractivity contribution in [2.24, 2.45) is 7.05 Å². The molecule has 84 valence electrons. The molecule has 1 heterocycles. The lowest BCUT2D eigenvalue weighted by molar-refractivity contribution is 0.417. The standard InChI is InChI=1S/C11H14N4O/c1-7-13-11(14-15(7)2)8-4-5-9(12)10(6-8)16-3/h4-6H,12H2,1-3H3. The molecular formula is C11H14N4O. The molecule has 0 bridgehead atoms. The molecule has 0 fully saturated rings. The Bertz CT molecular complexity index is 499. The van der Waals surface area contributed by atoms with Crippen molar-refractivity contribution in [1.82, 2.24) is 14.8 Å².